The van der Waals surface area contributed by atoms with Crippen molar-refractivity contribution in [2.75, 3.05) is 19.0 Å². The van der Waals surface area contributed by atoms with Crippen molar-refractivity contribution in [2.45, 2.75) is 12.8 Å². The smallest absolute Gasteiger partial charge is 0.253 e. The molecule has 17 heavy (non-hydrogen) atoms. The molecule has 4 heteroatoms. The van der Waals surface area contributed by atoms with Gasteiger partial charge >= 0.3 is 0 Å². The number of hydrogen-bond donors (Lipinski definition) is 0. The first-order valence-corrected chi connectivity index (χ1v) is 6.35. The third kappa shape index (κ3) is 2.97. The minimum Gasteiger partial charge on any atom is -0.338 e. The molecule has 0 bridgehead atoms. The molecule has 1 amide bonds. The van der Waals surface area contributed by atoms with Crippen LogP contribution in [0, 0.1) is 11.7 Å². The van der Waals surface area contributed by atoms with Crippen LogP contribution in [0.2, 0.25) is 0 Å². The predicted molar refractivity (Wildman–Crippen MR) is 65.7 cm³/mol. The van der Waals surface area contributed by atoms with Crippen LogP contribution < -0.4 is 0 Å². The highest BCUT2D eigenvalue weighted by molar-refractivity contribution is 6.17. The number of carbonyl (C=O) groups is 1. The van der Waals surface area contributed by atoms with Crippen LogP contribution in [0.15, 0.2) is 24.3 Å². The fraction of sp³-hybridized carbons (Fsp3) is 0.462. The maximum absolute atomic E-state index is 13.0. The van der Waals surface area contributed by atoms with Crippen molar-refractivity contribution in [3.05, 3.63) is 35.6 Å². The molecule has 0 saturated carbocycles. The normalized spacial score (nSPS) is 19.6. The number of rotatable bonds is 3. The van der Waals surface area contributed by atoms with E-state index in [0.29, 0.717) is 17.4 Å². The fourth-order valence-corrected chi connectivity index (χ4v) is 2.52. The average molecular weight is 256 g/mol. The lowest BCUT2D eigenvalue weighted by Gasteiger charge is -2.16. The Kier molecular flexibility index (Phi) is 4.00. The Morgan fingerprint density at radius 3 is 3.06 bits per heavy atom. The predicted octanol–water partition coefficient (Wildman–Crippen LogP) is 2.92. The standard InChI is InChI=1S/C13H15ClFNO/c14-6-4-10-5-7-16(9-10)13(17)11-2-1-3-12(15)8-11/h1-3,8,10H,4-7,9H2. The number of hydrogen-bond acceptors (Lipinski definition) is 1. The summed E-state index contributed by atoms with van der Waals surface area (Å²) in [5, 5.41) is 0. The van der Waals surface area contributed by atoms with Crippen LogP contribution in [-0.4, -0.2) is 29.8 Å². The Morgan fingerprint density at radius 2 is 2.35 bits per heavy atom. The van der Waals surface area contributed by atoms with Gasteiger partial charge in [0.25, 0.3) is 5.91 Å². The van der Waals surface area contributed by atoms with E-state index in [4.69, 9.17) is 11.6 Å². The second-order valence-corrected chi connectivity index (χ2v) is 4.77. The molecular formula is C13H15ClFNO. The van der Waals surface area contributed by atoms with Gasteiger partial charge < -0.3 is 4.90 Å². The van der Waals surface area contributed by atoms with E-state index in [1.54, 1.807) is 17.0 Å². The lowest BCUT2D eigenvalue weighted by molar-refractivity contribution is 0.0786. The summed E-state index contributed by atoms with van der Waals surface area (Å²) in [6.07, 6.45) is 1.93. The number of benzene rings is 1. The lowest BCUT2D eigenvalue weighted by Crippen LogP contribution is -2.28. The van der Waals surface area contributed by atoms with Crippen molar-refractivity contribution in [3.63, 3.8) is 0 Å². The zero-order valence-corrected chi connectivity index (χ0v) is 10.3. The third-order valence-corrected chi connectivity index (χ3v) is 3.38. The van der Waals surface area contributed by atoms with Gasteiger partial charge in [0, 0.05) is 24.5 Å². The highest BCUT2D eigenvalue weighted by Crippen LogP contribution is 2.22. The van der Waals surface area contributed by atoms with E-state index in [1.807, 2.05) is 0 Å². The number of alkyl halides is 1. The van der Waals surface area contributed by atoms with Crippen molar-refractivity contribution in [3.8, 4) is 0 Å². The Labute approximate surface area is 105 Å². The van der Waals surface area contributed by atoms with Gasteiger partial charge in [-0.3, -0.25) is 4.79 Å². The summed E-state index contributed by atoms with van der Waals surface area (Å²) in [4.78, 5) is 13.9. The third-order valence-electron chi connectivity index (χ3n) is 3.16. The summed E-state index contributed by atoms with van der Waals surface area (Å²) >= 11 is 5.69. The second-order valence-electron chi connectivity index (χ2n) is 4.39. The van der Waals surface area contributed by atoms with Gasteiger partial charge in [-0.1, -0.05) is 6.07 Å². The first-order valence-electron chi connectivity index (χ1n) is 5.81. The van der Waals surface area contributed by atoms with E-state index < -0.39 is 0 Å². The van der Waals surface area contributed by atoms with Gasteiger partial charge in [0.1, 0.15) is 5.82 Å². The van der Waals surface area contributed by atoms with Gasteiger partial charge in [0.15, 0.2) is 0 Å². The molecule has 0 N–H and O–H groups in total. The molecule has 1 heterocycles. The summed E-state index contributed by atoms with van der Waals surface area (Å²) in [7, 11) is 0. The van der Waals surface area contributed by atoms with Crippen molar-refractivity contribution in [2.24, 2.45) is 5.92 Å². The molecule has 2 rings (SSSR count). The fourth-order valence-electron chi connectivity index (χ4n) is 2.21. The number of halogens is 2. The highest BCUT2D eigenvalue weighted by Gasteiger charge is 2.26. The SMILES string of the molecule is O=C(c1cccc(F)c1)N1CCC(CCCl)C1. The molecule has 1 aromatic carbocycles. The van der Waals surface area contributed by atoms with E-state index in [0.717, 1.165) is 25.9 Å². The Hall–Kier alpha value is -1.09. The Balaban J connectivity index is 2.02. The number of carbonyl (C=O) groups excluding carboxylic acids is 1. The van der Waals surface area contributed by atoms with E-state index in [1.165, 1.54) is 12.1 Å². The van der Waals surface area contributed by atoms with Crippen LogP contribution in [0.3, 0.4) is 0 Å². The summed E-state index contributed by atoms with van der Waals surface area (Å²) in [5.74, 6) is 0.672. The zero-order valence-electron chi connectivity index (χ0n) is 9.53. The molecule has 1 aromatic rings. The van der Waals surface area contributed by atoms with Crippen molar-refractivity contribution >= 4 is 17.5 Å². The Bertz CT molecular complexity index is 410. The molecule has 0 aromatic heterocycles. The number of amides is 1. The summed E-state index contributed by atoms with van der Waals surface area (Å²) in [5.41, 5.74) is 0.427. The molecule has 1 fully saturated rings. The molecule has 1 unspecified atom stereocenters. The van der Waals surface area contributed by atoms with Crippen molar-refractivity contribution in [1.82, 2.24) is 4.90 Å². The van der Waals surface area contributed by atoms with Gasteiger partial charge in [0.05, 0.1) is 0 Å². The molecule has 1 aliphatic rings. The molecule has 0 radical (unpaired) electrons. The van der Waals surface area contributed by atoms with Crippen molar-refractivity contribution < 1.29 is 9.18 Å². The Morgan fingerprint density at radius 1 is 1.53 bits per heavy atom. The van der Waals surface area contributed by atoms with Gasteiger partial charge in [-0.2, -0.15) is 0 Å². The van der Waals surface area contributed by atoms with Crippen LogP contribution >= 0.6 is 11.6 Å². The summed E-state index contributed by atoms with van der Waals surface area (Å²) in [6.45, 7) is 1.49. The summed E-state index contributed by atoms with van der Waals surface area (Å²) in [6, 6.07) is 5.85. The second kappa shape index (κ2) is 5.50. The van der Waals surface area contributed by atoms with E-state index in [9.17, 15) is 9.18 Å². The van der Waals surface area contributed by atoms with Crippen LogP contribution in [0.4, 0.5) is 4.39 Å². The molecular weight excluding hydrogens is 241 g/mol. The zero-order chi connectivity index (χ0) is 12.3. The van der Waals surface area contributed by atoms with E-state index in [-0.39, 0.29) is 11.7 Å². The van der Waals surface area contributed by atoms with Crippen LogP contribution in [0.25, 0.3) is 0 Å². The van der Waals surface area contributed by atoms with E-state index >= 15 is 0 Å². The molecule has 1 saturated heterocycles. The minimum absolute atomic E-state index is 0.0819. The average Bonchev–Trinajstić information content (AvgIpc) is 2.77. The van der Waals surface area contributed by atoms with Gasteiger partial charge in [0.2, 0.25) is 0 Å². The monoisotopic (exact) mass is 255 g/mol. The van der Waals surface area contributed by atoms with E-state index in [2.05, 4.69) is 0 Å². The minimum atomic E-state index is -0.368. The molecule has 92 valence electrons. The quantitative estimate of drug-likeness (QED) is 0.761. The molecule has 0 spiro atoms. The molecule has 1 aliphatic heterocycles. The molecule has 1 atom stereocenters. The summed E-state index contributed by atoms with van der Waals surface area (Å²) < 4.78 is 13.0. The van der Waals surface area contributed by atoms with Crippen LogP contribution in [0.5, 0.6) is 0 Å². The maximum Gasteiger partial charge on any atom is 0.253 e. The molecule has 2 nitrogen and oxygen atoms in total. The molecule has 0 aliphatic carbocycles. The first-order chi connectivity index (χ1) is 8.20. The van der Waals surface area contributed by atoms with Gasteiger partial charge in [-0.25, -0.2) is 4.39 Å². The maximum atomic E-state index is 13.0. The van der Waals surface area contributed by atoms with Crippen molar-refractivity contribution in [1.29, 1.82) is 0 Å². The van der Waals surface area contributed by atoms with Crippen LogP contribution in [0.1, 0.15) is 23.2 Å². The van der Waals surface area contributed by atoms with Crippen LogP contribution in [-0.2, 0) is 0 Å². The highest BCUT2D eigenvalue weighted by atomic mass is 35.5. The largest absolute Gasteiger partial charge is 0.338 e. The topological polar surface area (TPSA) is 20.3 Å². The number of nitrogens with zero attached hydrogens (tertiary/aromatic N) is 1. The first kappa shape index (κ1) is 12.4. The lowest BCUT2D eigenvalue weighted by atomic mass is 10.1. The number of likely N-dealkylation sites (tertiary alicyclic amines) is 1. The van der Waals surface area contributed by atoms with Gasteiger partial charge in [-0.15, -0.1) is 11.6 Å². The van der Waals surface area contributed by atoms with Gasteiger partial charge in [-0.05, 0) is 37.0 Å².